The Morgan fingerprint density at radius 3 is 2.47 bits per heavy atom. The third kappa shape index (κ3) is 7.05. The fraction of sp³-hybridized carbons (Fsp3) is 0.294. The molecule has 3 N–H and O–H groups in total. The maximum absolute atomic E-state index is 15.7. The molecule has 0 saturated carbocycles. The van der Waals surface area contributed by atoms with Gasteiger partial charge < -0.3 is 20.6 Å². The average molecular weight is 649 g/mol. The fourth-order valence-corrected chi connectivity index (χ4v) is 6.58. The van der Waals surface area contributed by atoms with E-state index in [-0.39, 0.29) is 36.6 Å². The van der Waals surface area contributed by atoms with Gasteiger partial charge in [-0.05, 0) is 66.1 Å². The Kier molecular flexibility index (Phi) is 9.19. The van der Waals surface area contributed by atoms with Crippen LogP contribution in [-0.4, -0.2) is 52.1 Å². The number of halogens is 3. The number of rotatable bonds is 9. The van der Waals surface area contributed by atoms with E-state index in [0.29, 0.717) is 29.4 Å². The number of carbonyl (C=O) groups excluding carboxylic acids is 1. The van der Waals surface area contributed by atoms with Gasteiger partial charge in [-0.25, -0.2) is 14.8 Å². The van der Waals surface area contributed by atoms with Gasteiger partial charge in [0.2, 0.25) is 11.7 Å². The zero-order valence-electron chi connectivity index (χ0n) is 24.3. The summed E-state index contributed by atoms with van der Waals surface area (Å²) < 4.78 is 15.7. The minimum absolute atomic E-state index is 0.0262. The molecule has 1 saturated heterocycles. The molecule has 232 valence electrons. The number of aromatic nitrogens is 2. The van der Waals surface area contributed by atoms with Crippen molar-refractivity contribution >= 4 is 46.7 Å². The molecule has 11 heteroatoms. The summed E-state index contributed by atoms with van der Waals surface area (Å²) in [6.07, 6.45) is 4.19. The molecule has 0 radical (unpaired) electrons. The zero-order valence-corrected chi connectivity index (χ0v) is 25.9. The molecular formula is C34H32Cl2FN5O3. The lowest BCUT2D eigenvalue weighted by molar-refractivity contribution is -0.142. The number of benzene rings is 3. The number of aliphatic carboxylic acids is 1. The van der Waals surface area contributed by atoms with Gasteiger partial charge in [0.25, 0.3) is 0 Å². The van der Waals surface area contributed by atoms with Gasteiger partial charge in [0, 0.05) is 41.2 Å². The van der Waals surface area contributed by atoms with Crippen LogP contribution in [0.2, 0.25) is 10.0 Å². The van der Waals surface area contributed by atoms with Gasteiger partial charge in [0.15, 0.2) is 11.6 Å². The normalized spacial score (nSPS) is 17.0. The van der Waals surface area contributed by atoms with Gasteiger partial charge in [-0.1, -0.05) is 71.7 Å². The smallest absolute Gasteiger partial charge is 0.326 e. The molecule has 1 aromatic heterocycles. The number of carbonyl (C=O) groups is 2. The highest BCUT2D eigenvalue weighted by atomic mass is 35.5. The van der Waals surface area contributed by atoms with Crippen molar-refractivity contribution < 1.29 is 19.1 Å². The predicted molar refractivity (Wildman–Crippen MR) is 173 cm³/mol. The third-order valence-corrected chi connectivity index (χ3v) is 9.07. The number of nitrogens with zero attached hydrogens (tertiary/aromatic N) is 3. The minimum atomic E-state index is -1.13. The van der Waals surface area contributed by atoms with Crippen LogP contribution in [0.5, 0.6) is 0 Å². The number of piperidine rings is 1. The average Bonchev–Trinajstić information content (AvgIpc) is 3.46. The summed E-state index contributed by atoms with van der Waals surface area (Å²) in [5.41, 5.74) is 4.84. The Balaban J connectivity index is 1.09. The SMILES string of the molecule is O=C(N[C@@H](Cc1ccc(-c2cc(Cl)ccc2Cl)cc1)C(=O)O)C1CCCN(c2ncnc(NC3Cc4ccccc4C3)c2F)C1. The summed E-state index contributed by atoms with van der Waals surface area (Å²) in [5.74, 6) is -2.33. The molecule has 2 aliphatic rings. The van der Waals surface area contributed by atoms with Gasteiger partial charge in [0.05, 0.1) is 5.92 Å². The summed E-state index contributed by atoms with van der Waals surface area (Å²) >= 11 is 12.4. The van der Waals surface area contributed by atoms with E-state index in [1.165, 1.54) is 17.5 Å². The highest BCUT2D eigenvalue weighted by Crippen LogP contribution is 2.32. The molecule has 1 aliphatic heterocycles. The van der Waals surface area contributed by atoms with Crippen LogP contribution >= 0.6 is 23.2 Å². The number of hydrogen-bond acceptors (Lipinski definition) is 6. The highest BCUT2D eigenvalue weighted by Gasteiger charge is 2.32. The quantitative estimate of drug-likeness (QED) is 0.199. The van der Waals surface area contributed by atoms with E-state index in [4.69, 9.17) is 23.2 Å². The van der Waals surface area contributed by atoms with E-state index in [1.807, 2.05) is 36.4 Å². The molecule has 0 bridgehead atoms. The first-order valence-electron chi connectivity index (χ1n) is 14.9. The monoisotopic (exact) mass is 647 g/mol. The molecule has 8 nitrogen and oxygen atoms in total. The second kappa shape index (κ2) is 13.4. The molecule has 3 aromatic carbocycles. The van der Waals surface area contributed by atoms with Crippen LogP contribution in [0.3, 0.4) is 0 Å². The molecule has 2 atom stereocenters. The standard InChI is InChI=1S/C34H32Cl2FN5O3/c35-25-11-12-28(36)27(17-25)21-9-7-20(8-10-21)14-29(34(44)45)41-33(43)24-6-3-13-42(18-24)32-30(37)31(38-19-39-32)40-26-15-22-4-1-2-5-23(22)16-26/h1-2,4-5,7-12,17,19,24,26,29H,3,6,13-16,18H2,(H,41,43)(H,44,45)(H,38,39,40)/t24?,29-/m0/s1. The topological polar surface area (TPSA) is 107 Å². The van der Waals surface area contributed by atoms with Gasteiger partial charge in [-0.3, -0.25) is 4.79 Å². The Morgan fingerprint density at radius 2 is 1.76 bits per heavy atom. The van der Waals surface area contributed by atoms with Crippen molar-refractivity contribution in [3.63, 3.8) is 0 Å². The second-order valence-electron chi connectivity index (χ2n) is 11.6. The van der Waals surface area contributed by atoms with Crippen molar-refractivity contribution in [3.8, 4) is 11.1 Å². The molecule has 6 rings (SSSR count). The minimum Gasteiger partial charge on any atom is -0.480 e. The Labute approximate surface area is 270 Å². The van der Waals surface area contributed by atoms with Crippen molar-refractivity contribution in [3.05, 3.63) is 106 Å². The lowest BCUT2D eigenvalue weighted by Crippen LogP contribution is -2.49. The summed E-state index contributed by atoms with van der Waals surface area (Å²) in [4.78, 5) is 35.6. The highest BCUT2D eigenvalue weighted by molar-refractivity contribution is 6.35. The number of nitrogens with one attached hydrogen (secondary N) is 2. The fourth-order valence-electron chi connectivity index (χ4n) is 6.18. The Bertz CT molecular complexity index is 1700. The number of fused-ring (bicyclic) bond motifs is 1. The van der Waals surface area contributed by atoms with Crippen molar-refractivity contribution in [2.24, 2.45) is 5.92 Å². The summed E-state index contributed by atoms with van der Waals surface area (Å²) in [7, 11) is 0. The van der Waals surface area contributed by atoms with E-state index in [2.05, 4.69) is 32.7 Å². The Morgan fingerprint density at radius 1 is 1.02 bits per heavy atom. The number of amides is 1. The zero-order chi connectivity index (χ0) is 31.5. The number of carboxylic acid groups (broad SMARTS) is 1. The molecule has 0 spiro atoms. The van der Waals surface area contributed by atoms with Crippen molar-refractivity contribution in [2.75, 3.05) is 23.3 Å². The van der Waals surface area contributed by atoms with Crippen LogP contribution in [0.15, 0.2) is 73.1 Å². The number of anilines is 2. The van der Waals surface area contributed by atoms with Crippen LogP contribution in [-0.2, 0) is 28.9 Å². The van der Waals surface area contributed by atoms with Crippen LogP contribution in [0.1, 0.15) is 29.5 Å². The second-order valence-corrected chi connectivity index (χ2v) is 12.4. The van der Waals surface area contributed by atoms with E-state index >= 15 is 4.39 Å². The van der Waals surface area contributed by atoms with Crippen LogP contribution < -0.4 is 15.5 Å². The molecule has 45 heavy (non-hydrogen) atoms. The number of carboxylic acids is 1. The summed E-state index contributed by atoms with van der Waals surface area (Å²) in [6.45, 7) is 0.743. The van der Waals surface area contributed by atoms with E-state index in [9.17, 15) is 14.7 Å². The molecule has 1 unspecified atom stereocenters. The first-order valence-corrected chi connectivity index (χ1v) is 15.7. The Hall–Kier alpha value is -4.21. The van der Waals surface area contributed by atoms with Gasteiger partial charge >= 0.3 is 5.97 Å². The van der Waals surface area contributed by atoms with E-state index < -0.39 is 23.7 Å². The van der Waals surface area contributed by atoms with E-state index in [1.54, 1.807) is 23.1 Å². The van der Waals surface area contributed by atoms with Gasteiger partial charge in [-0.15, -0.1) is 0 Å². The predicted octanol–water partition coefficient (Wildman–Crippen LogP) is 6.20. The maximum Gasteiger partial charge on any atom is 0.326 e. The maximum atomic E-state index is 15.7. The van der Waals surface area contributed by atoms with Crippen LogP contribution in [0.4, 0.5) is 16.0 Å². The summed E-state index contributed by atoms with van der Waals surface area (Å²) in [6, 6.07) is 19.6. The van der Waals surface area contributed by atoms with Gasteiger partial charge in [0.1, 0.15) is 12.4 Å². The van der Waals surface area contributed by atoms with Crippen molar-refractivity contribution in [1.29, 1.82) is 0 Å². The van der Waals surface area contributed by atoms with Crippen molar-refractivity contribution in [2.45, 2.75) is 44.2 Å². The van der Waals surface area contributed by atoms with Crippen molar-refractivity contribution in [1.82, 2.24) is 15.3 Å². The molecule has 1 aliphatic carbocycles. The summed E-state index contributed by atoms with van der Waals surface area (Å²) in [5, 5.41) is 17.0. The molecule has 2 heterocycles. The van der Waals surface area contributed by atoms with E-state index in [0.717, 1.165) is 29.5 Å². The first-order chi connectivity index (χ1) is 21.7. The lowest BCUT2D eigenvalue weighted by atomic mass is 9.95. The molecule has 1 fully saturated rings. The largest absolute Gasteiger partial charge is 0.480 e. The number of hydrogen-bond donors (Lipinski definition) is 3. The van der Waals surface area contributed by atoms with Crippen LogP contribution in [0, 0.1) is 11.7 Å². The van der Waals surface area contributed by atoms with Crippen LogP contribution in [0.25, 0.3) is 11.1 Å². The third-order valence-electron chi connectivity index (χ3n) is 8.50. The lowest BCUT2D eigenvalue weighted by Gasteiger charge is -2.33. The van der Waals surface area contributed by atoms with Gasteiger partial charge in [-0.2, -0.15) is 4.39 Å². The molecular weight excluding hydrogens is 616 g/mol. The molecule has 1 amide bonds. The molecule has 4 aromatic rings. The first kappa shape index (κ1) is 30.8.